The van der Waals surface area contributed by atoms with Gasteiger partial charge in [0.1, 0.15) is 0 Å². The van der Waals surface area contributed by atoms with Gasteiger partial charge in [-0.1, -0.05) is 24.3 Å². The Morgan fingerprint density at radius 1 is 1.26 bits per heavy atom. The molecule has 1 unspecified atom stereocenters. The van der Waals surface area contributed by atoms with Gasteiger partial charge in [0.2, 0.25) is 5.95 Å². The van der Waals surface area contributed by atoms with Crippen molar-refractivity contribution in [3.8, 4) is 11.1 Å². The zero-order valence-corrected chi connectivity index (χ0v) is 21.5. The fourth-order valence-corrected chi connectivity index (χ4v) is 5.16. The molecule has 180 valence electrons. The van der Waals surface area contributed by atoms with E-state index in [-0.39, 0.29) is 5.97 Å². The number of thiazole rings is 1. The van der Waals surface area contributed by atoms with Crippen LogP contribution in [-0.2, 0) is 9.53 Å². The number of nitrogens with one attached hydrogen (secondary N) is 2. The maximum Gasteiger partial charge on any atom is 0.318 e. The SMILES string of the molecule is C=CCC(CC)(CCNc1ncc(-c2cc(Br)c3sc(NC(N)=O)nc3c2)cn1)C(=O)OCC. The topological polar surface area (TPSA) is 132 Å². The van der Waals surface area contributed by atoms with Gasteiger partial charge in [-0.25, -0.2) is 19.7 Å². The van der Waals surface area contributed by atoms with Gasteiger partial charge in [-0.3, -0.25) is 10.1 Å². The molecule has 2 aromatic heterocycles. The number of hydrogen-bond donors (Lipinski definition) is 3. The zero-order valence-electron chi connectivity index (χ0n) is 19.1. The molecule has 0 saturated heterocycles. The van der Waals surface area contributed by atoms with E-state index < -0.39 is 11.4 Å². The Hall–Kier alpha value is -3.05. The highest BCUT2D eigenvalue weighted by molar-refractivity contribution is 9.10. The summed E-state index contributed by atoms with van der Waals surface area (Å²) in [7, 11) is 0. The number of nitrogens with two attached hydrogens (primary N) is 1. The van der Waals surface area contributed by atoms with E-state index in [4.69, 9.17) is 10.5 Å². The Morgan fingerprint density at radius 3 is 2.62 bits per heavy atom. The molecule has 0 bridgehead atoms. The van der Waals surface area contributed by atoms with Crippen molar-refractivity contribution in [1.29, 1.82) is 0 Å². The number of carbonyl (C=O) groups excluding carboxylic acids is 2. The number of fused-ring (bicyclic) bond motifs is 1. The number of rotatable bonds is 11. The molecule has 0 aliphatic heterocycles. The highest BCUT2D eigenvalue weighted by Crippen LogP contribution is 2.36. The number of allylic oxidation sites excluding steroid dienone is 1. The van der Waals surface area contributed by atoms with Crippen LogP contribution in [0.4, 0.5) is 15.9 Å². The van der Waals surface area contributed by atoms with E-state index in [1.165, 1.54) is 11.3 Å². The van der Waals surface area contributed by atoms with Crippen LogP contribution in [0.1, 0.15) is 33.1 Å². The second-order valence-electron chi connectivity index (χ2n) is 7.63. The third-order valence-electron chi connectivity index (χ3n) is 5.47. The molecule has 0 saturated carbocycles. The second-order valence-corrected chi connectivity index (χ2v) is 9.49. The fourth-order valence-electron chi connectivity index (χ4n) is 3.61. The molecule has 1 atom stereocenters. The van der Waals surface area contributed by atoms with Crippen molar-refractivity contribution in [2.45, 2.75) is 33.1 Å². The molecule has 0 fully saturated rings. The van der Waals surface area contributed by atoms with Crippen molar-refractivity contribution in [2.75, 3.05) is 23.8 Å². The van der Waals surface area contributed by atoms with Gasteiger partial charge in [0.25, 0.3) is 0 Å². The highest BCUT2D eigenvalue weighted by atomic mass is 79.9. The number of benzene rings is 1. The van der Waals surface area contributed by atoms with Gasteiger partial charge in [0, 0.05) is 29.0 Å². The molecule has 3 rings (SSSR count). The molecule has 0 spiro atoms. The first-order valence-electron chi connectivity index (χ1n) is 10.8. The summed E-state index contributed by atoms with van der Waals surface area (Å²) < 4.78 is 7.04. The van der Waals surface area contributed by atoms with Gasteiger partial charge in [-0.05, 0) is 59.8 Å². The molecular weight excluding hydrogens is 520 g/mol. The van der Waals surface area contributed by atoms with Crippen molar-refractivity contribution >= 4 is 60.6 Å². The molecule has 11 heteroatoms. The third kappa shape index (κ3) is 5.89. The average molecular weight is 547 g/mol. The summed E-state index contributed by atoms with van der Waals surface area (Å²) >= 11 is 4.89. The van der Waals surface area contributed by atoms with Gasteiger partial charge >= 0.3 is 12.0 Å². The largest absolute Gasteiger partial charge is 0.466 e. The van der Waals surface area contributed by atoms with Crippen LogP contribution in [0.3, 0.4) is 0 Å². The Morgan fingerprint density at radius 2 is 2.00 bits per heavy atom. The minimum atomic E-state index is -0.658. The minimum Gasteiger partial charge on any atom is -0.466 e. The summed E-state index contributed by atoms with van der Waals surface area (Å²) in [6.45, 7) is 8.45. The Bertz CT molecular complexity index is 1180. The molecule has 3 aromatic rings. The summed E-state index contributed by atoms with van der Waals surface area (Å²) in [6.07, 6.45) is 6.99. The standard InChI is InChI=1S/C23H27BrN6O3S/c1-4-7-23(5-2,19(31)33-6-3)8-9-26-21-27-12-15(13-28-21)14-10-16(24)18-17(11-14)29-22(34-18)30-20(25)32/h4,10-13H,1,5-9H2,2-3H3,(H,26,27,28)(H3,25,29,30,32). The van der Waals surface area contributed by atoms with Crippen LogP contribution in [0.15, 0.2) is 41.7 Å². The lowest BCUT2D eigenvalue weighted by atomic mass is 9.78. The fraction of sp³-hybridized carbons (Fsp3) is 0.348. The van der Waals surface area contributed by atoms with Crippen LogP contribution in [0.25, 0.3) is 21.3 Å². The Kier molecular flexibility index (Phi) is 8.56. The lowest BCUT2D eigenvalue weighted by molar-refractivity contribution is -0.155. The van der Waals surface area contributed by atoms with E-state index in [1.54, 1.807) is 18.5 Å². The first-order valence-corrected chi connectivity index (χ1v) is 12.4. The van der Waals surface area contributed by atoms with Crippen LogP contribution >= 0.6 is 27.3 Å². The molecule has 34 heavy (non-hydrogen) atoms. The predicted octanol–water partition coefficient (Wildman–Crippen LogP) is 5.34. The van der Waals surface area contributed by atoms with Crippen molar-refractivity contribution in [3.05, 3.63) is 41.7 Å². The maximum atomic E-state index is 12.5. The van der Waals surface area contributed by atoms with Crippen LogP contribution in [0.2, 0.25) is 0 Å². The molecule has 9 nitrogen and oxygen atoms in total. The quantitative estimate of drug-likeness (QED) is 0.218. The number of halogens is 1. The van der Waals surface area contributed by atoms with Gasteiger partial charge in [0.15, 0.2) is 5.13 Å². The van der Waals surface area contributed by atoms with Gasteiger partial charge in [-0.2, -0.15) is 0 Å². The normalized spacial score (nSPS) is 12.7. The molecule has 2 heterocycles. The van der Waals surface area contributed by atoms with Crippen LogP contribution < -0.4 is 16.4 Å². The first kappa shape index (κ1) is 25.6. The number of ether oxygens (including phenoxy) is 1. The molecule has 2 amide bonds. The number of esters is 1. The second kappa shape index (κ2) is 11.4. The zero-order chi connectivity index (χ0) is 24.7. The molecule has 0 aliphatic rings. The average Bonchev–Trinajstić information content (AvgIpc) is 3.21. The Balaban J connectivity index is 1.71. The van der Waals surface area contributed by atoms with E-state index in [2.05, 4.69) is 48.1 Å². The number of primary amides is 1. The van der Waals surface area contributed by atoms with Crippen molar-refractivity contribution < 1.29 is 14.3 Å². The number of carbonyl (C=O) groups is 2. The smallest absolute Gasteiger partial charge is 0.318 e. The lowest BCUT2D eigenvalue weighted by Gasteiger charge is -2.29. The van der Waals surface area contributed by atoms with Crippen molar-refractivity contribution in [3.63, 3.8) is 0 Å². The van der Waals surface area contributed by atoms with Gasteiger partial charge in [-0.15, -0.1) is 6.58 Å². The van der Waals surface area contributed by atoms with Crippen LogP contribution in [-0.4, -0.2) is 40.1 Å². The number of anilines is 2. The Labute approximate surface area is 210 Å². The van der Waals surface area contributed by atoms with Crippen molar-refractivity contribution in [1.82, 2.24) is 15.0 Å². The third-order valence-corrected chi connectivity index (χ3v) is 7.37. The molecule has 0 radical (unpaired) electrons. The van der Waals surface area contributed by atoms with Gasteiger partial charge < -0.3 is 15.8 Å². The number of nitrogens with zero attached hydrogens (tertiary/aromatic N) is 3. The summed E-state index contributed by atoms with van der Waals surface area (Å²) in [5, 5.41) is 6.13. The summed E-state index contributed by atoms with van der Waals surface area (Å²) in [5.41, 5.74) is 6.98. The van der Waals surface area contributed by atoms with Crippen LogP contribution in [0, 0.1) is 5.41 Å². The lowest BCUT2D eigenvalue weighted by Crippen LogP contribution is -2.34. The van der Waals surface area contributed by atoms with E-state index in [0.717, 1.165) is 25.8 Å². The first-order chi connectivity index (χ1) is 16.3. The van der Waals surface area contributed by atoms with E-state index in [0.29, 0.717) is 43.5 Å². The number of hydrogen-bond acceptors (Lipinski definition) is 8. The summed E-state index contributed by atoms with van der Waals surface area (Å²) in [6, 6.07) is 3.19. The highest BCUT2D eigenvalue weighted by Gasteiger charge is 2.36. The molecule has 0 aliphatic carbocycles. The number of aromatic nitrogens is 3. The predicted molar refractivity (Wildman–Crippen MR) is 139 cm³/mol. The minimum absolute atomic E-state index is 0.201. The summed E-state index contributed by atoms with van der Waals surface area (Å²) in [4.78, 5) is 36.9. The van der Waals surface area contributed by atoms with E-state index in [9.17, 15) is 9.59 Å². The van der Waals surface area contributed by atoms with E-state index >= 15 is 0 Å². The van der Waals surface area contributed by atoms with E-state index in [1.807, 2.05) is 26.0 Å². The maximum absolute atomic E-state index is 12.5. The molecular formula is C23H27BrN6O3S. The number of urea groups is 1. The molecule has 4 N–H and O–H groups in total. The number of amides is 2. The van der Waals surface area contributed by atoms with Crippen molar-refractivity contribution in [2.24, 2.45) is 11.1 Å². The summed E-state index contributed by atoms with van der Waals surface area (Å²) in [5.74, 6) is 0.269. The monoisotopic (exact) mass is 546 g/mol. The molecule has 1 aromatic carbocycles. The van der Waals surface area contributed by atoms with Crippen LogP contribution in [0.5, 0.6) is 0 Å². The van der Waals surface area contributed by atoms with Gasteiger partial charge in [0.05, 0.1) is 22.2 Å².